The molecule has 0 bridgehead atoms. The molecule has 2 aromatic heterocycles. The zero-order chi connectivity index (χ0) is 21.5. The Morgan fingerprint density at radius 2 is 2.00 bits per heavy atom. The molecule has 5 rings (SSSR count). The number of aromatic nitrogens is 4. The Morgan fingerprint density at radius 3 is 2.81 bits per heavy atom. The number of benzene rings is 1. The van der Waals surface area contributed by atoms with Crippen molar-refractivity contribution in [3.05, 3.63) is 53.3 Å². The van der Waals surface area contributed by atoms with E-state index in [1.54, 1.807) is 18.8 Å². The molecule has 8 nitrogen and oxygen atoms in total. The van der Waals surface area contributed by atoms with Crippen LogP contribution in [0.25, 0.3) is 11.3 Å². The van der Waals surface area contributed by atoms with E-state index < -0.39 is 0 Å². The summed E-state index contributed by atoms with van der Waals surface area (Å²) in [5.41, 5.74) is 4.69. The maximum absolute atomic E-state index is 13.2. The fraction of sp³-hybridized carbons (Fsp3) is 0.391. The Bertz CT molecular complexity index is 1130. The molecule has 1 aliphatic carbocycles. The van der Waals surface area contributed by atoms with E-state index in [0.29, 0.717) is 5.69 Å². The van der Waals surface area contributed by atoms with Crippen LogP contribution in [0, 0.1) is 0 Å². The molecule has 0 atom stereocenters. The number of nitrogens with zero attached hydrogens (tertiary/aromatic N) is 6. The van der Waals surface area contributed by atoms with Crippen LogP contribution in [0.4, 0.5) is 5.82 Å². The van der Waals surface area contributed by atoms with E-state index in [4.69, 9.17) is 4.74 Å². The topological polar surface area (TPSA) is 76.4 Å². The molecule has 0 unspecified atom stereocenters. The van der Waals surface area contributed by atoms with Gasteiger partial charge in [-0.25, -0.2) is 0 Å². The molecule has 0 saturated carbocycles. The number of amides is 1. The molecule has 1 aromatic carbocycles. The monoisotopic (exact) mass is 418 g/mol. The lowest BCUT2D eigenvalue weighted by Crippen LogP contribution is -2.60. The van der Waals surface area contributed by atoms with Gasteiger partial charge in [-0.05, 0) is 49.1 Å². The van der Waals surface area contributed by atoms with Gasteiger partial charge >= 0.3 is 0 Å². The second-order valence-electron chi connectivity index (χ2n) is 8.27. The third-order valence-electron chi connectivity index (χ3n) is 6.33. The van der Waals surface area contributed by atoms with Crippen molar-refractivity contribution in [2.24, 2.45) is 7.05 Å². The molecule has 1 fully saturated rings. The first-order valence-electron chi connectivity index (χ1n) is 10.6. The lowest BCUT2D eigenvalue weighted by molar-refractivity contribution is 0.0694. The number of hydrogen-bond acceptors (Lipinski definition) is 6. The van der Waals surface area contributed by atoms with Gasteiger partial charge in [-0.15, -0.1) is 5.10 Å². The van der Waals surface area contributed by atoms with Gasteiger partial charge in [0.1, 0.15) is 11.4 Å². The summed E-state index contributed by atoms with van der Waals surface area (Å²) >= 11 is 0. The summed E-state index contributed by atoms with van der Waals surface area (Å²) < 4.78 is 6.95. The molecular weight excluding hydrogens is 392 g/mol. The maximum Gasteiger partial charge on any atom is 0.272 e. The lowest BCUT2D eigenvalue weighted by atomic mass is 10.1. The average molecular weight is 419 g/mol. The summed E-state index contributed by atoms with van der Waals surface area (Å²) in [6.45, 7) is 1.52. The second-order valence-corrected chi connectivity index (χ2v) is 8.27. The molecule has 1 aliphatic heterocycles. The lowest BCUT2D eigenvalue weighted by Gasteiger charge is -2.44. The number of anilines is 1. The molecule has 8 heteroatoms. The first-order chi connectivity index (χ1) is 15.0. The SMILES string of the molecule is COc1cccc(-c2cc(C(=O)N(C)C3CN(c4cc5c(nn4)CCC5)C3)n(C)n2)c1. The Kier molecular flexibility index (Phi) is 4.84. The highest BCUT2D eigenvalue weighted by Crippen LogP contribution is 2.28. The van der Waals surface area contributed by atoms with Gasteiger partial charge in [0.2, 0.25) is 0 Å². The summed E-state index contributed by atoms with van der Waals surface area (Å²) in [4.78, 5) is 17.2. The summed E-state index contributed by atoms with van der Waals surface area (Å²) in [5, 5.41) is 13.3. The first-order valence-corrected chi connectivity index (χ1v) is 10.6. The van der Waals surface area contributed by atoms with Crippen LogP contribution in [0.2, 0.25) is 0 Å². The minimum Gasteiger partial charge on any atom is -0.497 e. The molecule has 3 heterocycles. The molecule has 3 aromatic rings. The molecule has 160 valence electrons. The number of methoxy groups -OCH3 is 1. The molecule has 0 N–H and O–H groups in total. The molecule has 1 amide bonds. The van der Waals surface area contributed by atoms with Crippen molar-refractivity contribution in [1.29, 1.82) is 0 Å². The maximum atomic E-state index is 13.2. The first kappa shape index (κ1) is 19.5. The number of hydrogen-bond donors (Lipinski definition) is 0. The van der Waals surface area contributed by atoms with Crippen molar-refractivity contribution >= 4 is 11.7 Å². The van der Waals surface area contributed by atoms with E-state index in [2.05, 4.69) is 26.3 Å². The van der Waals surface area contributed by atoms with E-state index >= 15 is 0 Å². The van der Waals surface area contributed by atoms with Crippen molar-refractivity contribution in [1.82, 2.24) is 24.9 Å². The minimum atomic E-state index is -0.0335. The molecule has 31 heavy (non-hydrogen) atoms. The van der Waals surface area contributed by atoms with E-state index in [-0.39, 0.29) is 11.9 Å². The Hall–Kier alpha value is -3.42. The van der Waals surface area contributed by atoms with Crippen molar-refractivity contribution in [3.8, 4) is 17.0 Å². The van der Waals surface area contributed by atoms with Crippen LogP contribution in [0.15, 0.2) is 36.4 Å². The number of carbonyl (C=O) groups excluding carboxylic acids is 1. The third kappa shape index (κ3) is 3.52. The van der Waals surface area contributed by atoms with Crippen LogP contribution in [-0.4, -0.2) is 64.1 Å². The largest absolute Gasteiger partial charge is 0.497 e. The van der Waals surface area contributed by atoms with Gasteiger partial charge in [0, 0.05) is 32.7 Å². The summed E-state index contributed by atoms with van der Waals surface area (Å²) in [7, 11) is 5.30. The Balaban J connectivity index is 1.27. The minimum absolute atomic E-state index is 0.0335. The predicted octanol–water partition coefficient (Wildman–Crippen LogP) is 2.34. The normalized spacial score (nSPS) is 15.5. The highest BCUT2D eigenvalue weighted by Gasteiger charge is 2.35. The van der Waals surface area contributed by atoms with Crippen LogP contribution in [0.1, 0.15) is 28.2 Å². The standard InChI is InChI=1S/C23H26N6O2/c1-27(17-13-29(14-17)22-11-16-7-5-9-19(16)24-25-22)23(30)21-12-20(26-28(21)2)15-6-4-8-18(10-15)31-3/h4,6,8,10-12,17H,5,7,9,13-14H2,1-3H3. The Morgan fingerprint density at radius 1 is 1.16 bits per heavy atom. The zero-order valence-electron chi connectivity index (χ0n) is 18.1. The number of rotatable bonds is 5. The number of likely N-dealkylation sites (N-methyl/N-ethyl adjacent to an activating group) is 1. The van der Waals surface area contributed by atoms with E-state index in [1.807, 2.05) is 42.3 Å². The second kappa shape index (κ2) is 7.68. The molecule has 1 saturated heterocycles. The van der Waals surface area contributed by atoms with Crippen LogP contribution >= 0.6 is 0 Å². The highest BCUT2D eigenvalue weighted by molar-refractivity contribution is 5.94. The third-order valence-corrected chi connectivity index (χ3v) is 6.33. The summed E-state index contributed by atoms with van der Waals surface area (Å²) in [5.74, 6) is 1.64. The number of carbonyl (C=O) groups is 1. The van der Waals surface area contributed by atoms with Crippen LogP contribution in [0.3, 0.4) is 0 Å². The Labute approximate surface area is 181 Å². The molecular formula is C23H26N6O2. The van der Waals surface area contributed by atoms with Gasteiger partial charge in [-0.3, -0.25) is 9.48 Å². The highest BCUT2D eigenvalue weighted by atomic mass is 16.5. The van der Waals surface area contributed by atoms with Crippen molar-refractivity contribution < 1.29 is 9.53 Å². The number of fused-ring (bicyclic) bond motifs is 1. The van der Waals surface area contributed by atoms with E-state index in [0.717, 1.165) is 60.9 Å². The average Bonchev–Trinajstić information content (AvgIpc) is 3.38. The quantitative estimate of drug-likeness (QED) is 0.633. The molecule has 2 aliphatic rings. The zero-order valence-corrected chi connectivity index (χ0v) is 18.1. The van der Waals surface area contributed by atoms with Crippen molar-refractivity contribution in [2.75, 3.05) is 32.1 Å². The van der Waals surface area contributed by atoms with Gasteiger partial charge in [-0.1, -0.05) is 12.1 Å². The van der Waals surface area contributed by atoms with E-state index in [9.17, 15) is 4.79 Å². The number of aryl methyl sites for hydroxylation is 3. The molecule has 0 spiro atoms. The van der Waals surface area contributed by atoms with E-state index in [1.165, 1.54) is 5.56 Å². The van der Waals surface area contributed by atoms with Crippen LogP contribution in [0.5, 0.6) is 5.75 Å². The number of ether oxygens (including phenoxy) is 1. The summed E-state index contributed by atoms with van der Waals surface area (Å²) in [6, 6.07) is 11.8. The smallest absolute Gasteiger partial charge is 0.272 e. The van der Waals surface area contributed by atoms with Crippen LogP contribution in [-0.2, 0) is 19.9 Å². The van der Waals surface area contributed by atoms with Crippen molar-refractivity contribution in [2.45, 2.75) is 25.3 Å². The predicted molar refractivity (Wildman–Crippen MR) is 117 cm³/mol. The van der Waals surface area contributed by atoms with Gasteiger partial charge in [0.15, 0.2) is 5.82 Å². The summed E-state index contributed by atoms with van der Waals surface area (Å²) in [6.07, 6.45) is 3.28. The molecule has 0 radical (unpaired) electrons. The fourth-order valence-corrected chi connectivity index (χ4v) is 4.30. The fourth-order valence-electron chi connectivity index (χ4n) is 4.30. The van der Waals surface area contributed by atoms with Gasteiger partial charge in [-0.2, -0.15) is 10.2 Å². The van der Waals surface area contributed by atoms with Crippen molar-refractivity contribution in [3.63, 3.8) is 0 Å². The van der Waals surface area contributed by atoms with Crippen LogP contribution < -0.4 is 9.64 Å². The van der Waals surface area contributed by atoms with Gasteiger partial charge in [0.05, 0.1) is 24.5 Å². The van der Waals surface area contributed by atoms with Gasteiger partial charge in [0.25, 0.3) is 5.91 Å². The van der Waals surface area contributed by atoms with Gasteiger partial charge < -0.3 is 14.5 Å².